The summed E-state index contributed by atoms with van der Waals surface area (Å²) in [5.74, 6) is -0.755. The van der Waals surface area contributed by atoms with Gasteiger partial charge in [-0.15, -0.1) is 0 Å². The molecule has 3 nitrogen and oxygen atoms in total. The van der Waals surface area contributed by atoms with Gasteiger partial charge in [-0.25, -0.2) is 0 Å². The molecular formula is C13H28O3. The molecule has 0 aromatic heterocycles. The van der Waals surface area contributed by atoms with Crippen LogP contribution < -0.4 is 0 Å². The maximum Gasteiger partial charge on any atom is 0.285 e. The Balaban J connectivity index is 4.50. The summed E-state index contributed by atoms with van der Waals surface area (Å²) in [6.45, 7) is 14.9. The molecule has 0 aliphatic carbocycles. The maximum atomic E-state index is 10.4. The van der Waals surface area contributed by atoms with Gasteiger partial charge in [-0.2, -0.15) is 0 Å². The fourth-order valence-electron chi connectivity index (χ4n) is 1.03. The molecular weight excluding hydrogens is 204 g/mol. The Morgan fingerprint density at radius 1 is 0.875 bits per heavy atom. The highest BCUT2D eigenvalue weighted by Gasteiger charge is 2.43. The summed E-state index contributed by atoms with van der Waals surface area (Å²) in [6, 6.07) is 0. The van der Waals surface area contributed by atoms with Crippen molar-refractivity contribution in [1.82, 2.24) is 0 Å². The maximum absolute atomic E-state index is 10.4. The van der Waals surface area contributed by atoms with Crippen LogP contribution in [0.2, 0.25) is 0 Å². The number of ether oxygens (including phenoxy) is 2. The number of hydrogen-bond donors (Lipinski definition) is 1. The predicted molar refractivity (Wildman–Crippen MR) is 66.0 cm³/mol. The monoisotopic (exact) mass is 232 g/mol. The van der Waals surface area contributed by atoms with Crippen molar-refractivity contribution < 1.29 is 14.6 Å². The summed E-state index contributed by atoms with van der Waals surface area (Å²) in [5.41, 5.74) is -0.462. The molecule has 0 atom stereocenters. The Morgan fingerprint density at radius 3 is 1.38 bits per heavy atom. The summed E-state index contributed by atoms with van der Waals surface area (Å²) < 4.78 is 11.1. The quantitative estimate of drug-likeness (QED) is 0.715. The standard InChI is InChI=1S/C13H28O3/c1-10(2)8-15-13(14,12(5,6)7)16-9-11(3)4/h10-11,14H,8-9H2,1-7H3. The van der Waals surface area contributed by atoms with E-state index in [2.05, 4.69) is 0 Å². The summed E-state index contributed by atoms with van der Waals surface area (Å²) in [6.07, 6.45) is 0. The third-order valence-corrected chi connectivity index (χ3v) is 2.17. The first-order valence-corrected chi connectivity index (χ1v) is 6.09. The average molecular weight is 232 g/mol. The van der Waals surface area contributed by atoms with Crippen molar-refractivity contribution in [3.05, 3.63) is 0 Å². The second-order valence-electron chi connectivity index (χ2n) is 6.24. The predicted octanol–water partition coefficient (Wildman–Crippen LogP) is 3.02. The molecule has 0 saturated heterocycles. The molecule has 0 fully saturated rings. The van der Waals surface area contributed by atoms with Crippen molar-refractivity contribution in [2.45, 2.75) is 54.4 Å². The van der Waals surface area contributed by atoms with Gasteiger partial charge in [-0.3, -0.25) is 0 Å². The lowest BCUT2D eigenvalue weighted by Crippen LogP contribution is -2.49. The molecule has 0 amide bonds. The average Bonchev–Trinajstić information content (AvgIpc) is 2.09. The van der Waals surface area contributed by atoms with E-state index in [1.165, 1.54) is 0 Å². The van der Waals surface area contributed by atoms with Crippen molar-refractivity contribution in [1.29, 1.82) is 0 Å². The lowest BCUT2D eigenvalue weighted by Gasteiger charge is -2.39. The van der Waals surface area contributed by atoms with E-state index in [1.54, 1.807) is 0 Å². The Hall–Kier alpha value is -0.120. The SMILES string of the molecule is CC(C)COC(O)(OCC(C)C)C(C)(C)C. The molecule has 0 bridgehead atoms. The molecule has 0 aromatic rings. The third-order valence-electron chi connectivity index (χ3n) is 2.17. The summed E-state index contributed by atoms with van der Waals surface area (Å²) >= 11 is 0. The van der Waals surface area contributed by atoms with Crippen molar-refractivity contribution in [3.63, 3.8) is 0 Å². The molecule has 0 heterocycles. The van der Waals surface area contributed by atoms with E-state index >= 15 is 0 Å². The number of rotatable bonds is 6. The molecule has 0 aromatic carbocycles. The van der Waals surface area contributed by atoms with Gasteiger partial charge in [-0.05, 0) is 11.8 Å². The van der Waals surface area contributed by atoms with Crippen LogP contribution in [0.15, 0.2) is 0 Å². The Labute approximate surface area is 100 Å². The van der Waals surface area contributed by atoms with Gasteiger partial charge in [0, 0.05) is 5.41 Å². The van der Waals surface area contributed by atoms with Gasteiger partial charge in [0.25, 0.3) is 5.97 Å². The van der Waals surface area contributed by atoms with Crippen LogP contribution in [0.5, 0.6) is 0 Å². The molecule has 16 heavy (non-hydrogen) atoms. The first-order chi connectivity index (χ1) is 7.08. The minimum absolute atomic E-state index is 0.372. The topological polar surface area (TPSA) is 38.7 Å². The molecule has 0 rings (SSSR count). The third kappa shape index (κ3) is 5.28. The summed E-state index contributed by atoms with van der Waals surface area (Å²) in [4.78, 5) is 0. The lowest BCUT2D eigenvalue weighted by atomic mass is 9.93. The van der Waals surface area contributed by atoms with Gasteiger partial charge >= 0.3 is 0 Å². The first kappa shape index (κ1) is 15.9. The molecule has 0 saturated carbocycles. The van der Waals surface area contributed by atoms with Gasteiger partial charge in [-0.1, -0.05) is 48.5 Å². The zero-order chi connectivity index (χ0) is 13.0. The fourth-order valence-corrected chi connectivity index (χ4v) is 1.03. The second kappa shape index (κ2) is 5.99. The molecule has 0 radical (unpaired) electrons. The van der Waals surface area contributed by atoms with E-state index in [0.717, 1.165) is 0 Å². The fraction of sp³-hybridized carbons (Fsp3) is 1.00. The number of hydrogen-bond acceptors (Lipinski definition) is 3. The first-order valence-electron chi connectivity index (χ1n) is 6.09. The Bertz CT molecular complexity index is 180. The smallest absolute Gasteiger partial charge is 0.285 e. The van der Waals surface area contributed by atoms with Gasteiger partial charge < -0.3 is 14.6 Å². The minimum Gasteiger partial charge on any atom is -0.343 e. The van der Waals surface area contributed by atoms with E-state index in [0.29, 0.717) is 25.0 Å². The van der Waals surface area contributed by atoms with E-state index in [4.69, 9.17) is 9.47 Å². The van der Waals surface area contributed by atoms with Crippen LogP contribution in [0.1, 0.15) is 48.5 Å². The van der Waals surface area contributed by atoms with Crippen molar-refractivity contribution in [3.8, 4) is 0 Å². The Kier molecular flexibility index (Phi) is 5.94. The molecule has 0 aliphatic rings. The highest BCUT2D eigenvalue weighted by Crippen LogP contribution is 2.33. The Morgan fingerprint density at radius 2 is 1.19 bits per heavy atom. The lowest BCUT2D eigenvalue weighted by molar-refractivity contribution is -0.409. The molecule has 1 N–H and O–H groups in total. The van der Waals surface area contributed by atoms with Crippen molar-refractivity contribution >= 4 is 0 Å². The van der Waals surface area contributed by atoms with Crippen molar-refractivity contribution in [2.75, 3.05) is 13.2 Å². The largest absolute Gasteiger partial charge is 0.343 e. The van der Waals surface area contributed by atoms with Gasteiger partial charge in [0.2, 0.25) is 0 Å². The van der Waals surface area contributed by atoms with Crippen LogP contribution in [0.4, 0.5) is 0 Å². The van der Waals surface area contributed by atoms with Gasteiger partial charge in [0.15, 0.2) is 0 Å². The molecule has 0 unspecified atom stereocenters. The summed E-state index contributed by atoms with van der Waals surface area (Å²) in [7, 11) is 0. The molecule has 0 spiro atoms. The van der Waals surface area contributed by atoms with E-state index in [-0.39, 0.29) is 0 Å². The van der Waals surface area contributed by atoms with Crippen LogP contribution >= 0.6 is 0 Å². The van der Waals surface area contributed by atoms with Crippen LogP contribution in [0.25, 0.3) is 0 Å². The second-order valence-corrected chi connectivity index (χ2v) is 6.24. The highest BCUT2D eigenvalue weighted by molar-refractivity contribution is 4.74. The molecule has 98 valence electrons. The minimum atomic E-state index is -1.50. The highest BCUT2D eigenvalue weighted by atomic mass is 16.8. The zero-order valence-corrected chi connectivity index (χ0v) is 11.8. The molecule has 0 aliphatic heterocycles. The van der Waals surface area contributed by atoms with Crippen LogP contribution in [0.3, 0.4) is 0 Å². The normalized spacial score (nSPS) is 13.9. The van der Waals surface area contributed by atoms with Gasteiger partial charge in [0.05, 0.1) is 13.2 Å². The van der Waals surface area contributed by atoms with Crippen LogP contribution in [0, 0.1) is 17.3 Å². The van der Waals surface area contributed by atoms with Gasteiger partial charge in [0.1, 0.15) is 0 Å². The van der Waals surface area contributed by atoms with E-state index < -0.39 is 11.4 Å². The van der Waals surface area contributed by atoms with Crippen LogP contribution in [-0.4, -0.2) is 24.3 Å². The van der Waals surface area contributed by atoms with E-state index in [1.807, 2.05) is 48.5 Å². The van der Waals surface area contributed by atoms with Crippen molar-refractivity contribution in [2.24, 2.45) is 17.3 Å². The summed E-state index contributed by atoms with van der Waals surface area (Å²) in [5, 5.41) is 10.4. The number of aliphatic hydroxyl groups is 1. The van der Waals surface area contributed by atoms with Crippen LogP contribution in [-0.2, 0) is 9.47 Å². The zero-order valence-electron chi connectivity index (χ0n) is 11.8. The molecule has 3 heteroatoms. The van der Waals surface area contributed by atoms with E-state index in [9.17, 15) is 5.11 Å².